The van der Waals surface area contributed by atoms with Gasteiger partial charge in [-0.25, -0.2) is 4.79 Å². The Balaban J connectivity index is 1.76. The lowest BCUT2D eigenvalue weighted by atomic mass is 10.1. The van der Waals surface area contributed by atoms with E-state index in [0.717, 1.165) is 16.0 Å². The van der Waals surface area contributed by atoms with Crippen LogP contribution in [0.2, 0.25) is 0 Å². The van der Waals surface area contributed by atoms with Gasteiger partial charge in [0.1, 0.15) is 5.70 Å². The van der Waals surface area contributed by atoms with Crippen LogP contribution in [-0.4, -0.2) is 21.8 Å². The Morgan fingerprint density at radius 1 is 1.15 bits per heavy atom. The molecular weight excluding hydrogens is 346 g/mol. The first-order valence-electron chi connectivity index (χ1n) is 8.26. The number of hydrogen-bond acceptors (Lipinski definition) is 4. The number of nitrogens with one attached hydrogen (secondary N) is 1. The van der Waals surface area contributed by atoms with Crippen molar-refractivity contribution in [3.63, 3.8) is 0 Å². The maximum absolute atomic E-state index is 12.5. The molecule has 1 aliphatic heterocycles. The molecule has 136 valence electrons. The number of nitro benzene ring substituents is 1. The molecular formula is C20H17N3O4. The SMILES string of the molecule is Cc1cccc(CN2C(=O)N/C(=C/C=C/c3ccccc3[N+](=O)[O-])C2=O)c1. The number of hydrogen-bond donors (Lipinski definition) is 1. The van der Waals surface area contributed by atoms with Crippen molar-refractivity contribution in [3.8, 4) is 0 Å². The van der Waals surface area contributed by atoms with Gasteiger partial charge in [-0.3, -0.25) is 19.8 Å². The number of para-hydroxylation sites is 1. The molecule has 2 aromatic rings. The first-order chi connectivity index (χ1) is 13.0. The van der Waals surface area contributed by atoms with E-state index >= 15 is 0 Å². The van der Waals surface area contributed by atoms with E-state index in [1.807, 2.05) is 31.2 Å². The predicted molar refractivity (Wildman–Crippen MR) is 100 cm³/mol. The van der Waals surface area contributed by atoms with Gasteiger partial charge in [0.25, 0.3) is 11.6 Å². The third-order valence-electron chi connectivity index (χ3n) is 4.06. The molecule has 0 atom stereocenters. The van der Waals surface area contributed by atoms with E-state index in [9.17, 15) is 19.7 Å². The van der Waals surface area contributed by atoms with Gasteiger partial charge in [-0.2, -0.15) is 0 Å². The molecule has 27 heavy (non-hydrogen) atoms. The number of urea groups is 1. The van der Waals surface area contributed by atoms with Crippen LogP contribution in [0.25, 0.3) is 6.08 Å². The van der Waals surface area contributed by atoms with Crippen molar-refractivity contribution in [3.05, 3.63) is 93.2 Å². The standard InChI is InChI=1S/C20H17N3O4/c1-14-6-4-7-15(12-14)13-22-19(24)17(21-20(22)25)10-5-9-16-8-2-3-11-18(16)23(26)27/h2-12H,13H2,1H3,(H,21,25)/b9-5+,17-10+. The molecule has 0 bridgehead atoms. The minimum Gasteiger partial charge on any atom is -0.303 e. The fourth-order valence-corrected chi connectivity index (χ4v) is 2.77. The Morgan fingerprint density at radius 3 is 2.67 bits per heavy atom. The number of nitro groups is 1. The Bertz CT molecular complexity index is 979. The lowest BCUT2D eigenvalue weighted by molar-refractivity contribution is -0.385. The van der Waals surface area contributed by atoms with Gasteiger partial charge in [0.05, 0.1) is 17.0 Å². The van der Waals surface area contributed by atoms with Crippen LogP contribution in [-0.2, 0) is 11.3 Å². The fraction of sp³-hybridized carbons (Fsp3) is 0.100. The minimum atomic E-state index is -0.494. The van der Waals surface area contributed by atoms with E-state index < -0.39 is 16.9 Å². The van der Waals surface area contributed by atoms with Crippen molar-refractivity contribution in [2.75, 3.05) is 0 Å². The van der Waals surface area contributed by atoms with Crippen LogP contribution in [0.1, 0.15) is 16.7 Å². The van der Waals surface area contributed by atoms with Crippen LogP contribution in [0.4, 0.5) is 10.5 Å². The summed E-state index contributed by atoms with van der Waals surface area (Å²) < 4.78 is 0. The van der Waals surface area contributed by atoms with Crippen LogP contribution >= 0.6 is 0 Å². The van der Waals surface area contributed by atoms with E-state index in [4.69, 9.17) is 0 Å². The summed E-state index contributed by atoms with van der Waals surface area (Å²) in [6, 6.07) is 13.4. The van der Waals surface area contributed by atoms with E-state index in [0.29, 0.717) is 5.56 Å². The number of rotatable bonds is 5. The normalized spacial score (nSPS) is 15.6. The van der Waals surface area contributed by atoms with Crippen LogP contribution < -0.4 is 5.32 Å². The van der Waals surface area contributed by atoms with Gasteiger partial charge in [0, 0.05) is 6.07 Å². The summed E-state index contributed by atoms with van der Waals surface area (Å²) in [6.07, 6.45) is 4.47. The largest absolute Gasteiger partial charge is 0.329 e. The van der Waals surface area contributed by atoms with Gasteiger partial charge in [0.2, 0.25) is 0 Å². The van der Waals surface area contributed by atoms with Crippen LogP contribution in [0.15, 0.2) is 66.4 Å². The van der Waals surface area contributed by atoms with E-state index in [1.165, 1.54) is 24.3 Å². The molecule has 1 saturated heterocycles. The molecule has 3 amide bonds. The van der Waals surface area contributed by atoms with Crippen molar-refractivity contribution in [1.29, 1.82) is 0 Å². The van der Waals surface area contributed by atoms with Gasteiger partial charge in [0.15, 0.2) is 0 Å². The van der Waals surface area contributed by atoms with Crippen LogP contribution in [0, 0.1) is 17.0 Å². The summed E-state index contributed by atoms with van der Waals surface area (Å²) in [7, 11) is 0. The Morgan fingerprint density at radius 2 is 1.93 bits per heavy atom. The number of nitrogens with zero attached hydrogens (tertiary/aromatic N) is 2. The topological polar surface area (TPSA) is 92.6 Å². The Kier molecular flexibility index (Phi) is 5.12. The number of allylic oxidation sites excluding steroid dienone is 2. The first kappa shape index (κ1) is 18.1. The molecule has 3 rings (SSSR count). The summed E-state index contributed by atoms with van der Waals surface area (Å²) in [5.74, 6) is -0.436. The lowest BCUT2D eigenvalue weighted by Crippen LogP contribution is -2.30. The first-order valence-corrected chi connectivity index (χ1v) is 8.26. The van der Waals surface area contributed by atoms with Crippen molar-refractivity contribution in [1.82, 2.24) is 10.2 Å². The molecule has 1 heterocycles. The molecule has 0 aromatic heterocycles. The van der Waals surface area contributed by atoms with Crippen molar-refractivity contribution in [2.24, 2.45) is 0 Å². The number of benzene rings is 2. The molecule has 0 aliphatic carbocycles. The second kappa shape index (κ2) is 7.65. The summed E-state index contributed by atoms with van der Waals surface area (Å²) in [6.45, 7) is 2.12. The van der Waals surface area contributed by atoms with Crippen LogP contribution in [0.5, 0.6) is 0 Å². The molecule has 0 saturated carbocycles. The van der Waals surface area contributed by atoms with Crippen molar-refractivity contribution >= 4 is 23.7 Å². The maximum Gasteiger partial charge on any atom is 0.329 e. The number of imide groups is 1. The summed E-state index contributed by atoms with van der Waals surface area (Å²) in [4.78, 5) is 36.2. The highest BCUT2D eigenvalue weighted by molar-refractivity contribution is 6.11. The molecule has 1 aliphatic rings. The van der Waals surface area contributed by atoms with E-state index in [2.05, 4.69) is 5.32 Å². The number of carbonyl (C=O) groups excluding carboxylic acids is 2. The quantitative estimate of drug-likeness (QED) is 0.380. The summed E-state index contributed by atoms with van der Waals surface area (Å²) >= 11 is 0. The Hall–Kier alpha value is -3.74. The third kappa shape index (κ3) is 4.09. The van der Waals surface area contributed by atoms with Crippen molar-refractivity contribution < 1.29 is 14.5 Å². The zero-order chi connectivity index (χ0) is 19.4. The van der Waals surface area contributed by atoms with E-state index in [-0.39, 0.29) is 17.9 Å². The third-order valence-corrected chi connectivity index (χ3v) is 4.06. The van der Waals surface area contributed by atoms with Gasteiger partial charge in [-0.05, 0) is 30.7 Å². The molecule has 7 heteroatoms. The number of aryl methyl sites for hydroxylation is 1. The van der Waals surface area contributed by atoms with E-state index in [1.54, 1.807) is 18.2 Å². The molecule has 2 aromatic carbocycles. The second-order valence-corrected chi connectivity index (χ2v) is 6.07. The number of carbonyl (C=O) groups is 2. The average molecular weight is 363 g/mol. The molecule has 1 N–H and O–H groups in total. The highest BCUT2D eigenvalue weighted by Crippen LogP contribution is 2.20. The minimum absolute atomic E-state index is 0.0324. The number of amides is 3. The van der Waals surface area contributed by atoms with Gasteiger partial charge >= 0.3 is 6.03 Å². The van der Waals surface area contributed by atoms with Gasteiger partial charge in [-0.1, -0.05) is 48.0 Å². The zero-order valence-corrected chi connectivity index (χ0v) is 14.6. The van der Waals surface area contributed by atoms with Gasteiger partial charge in [-0.15, -0.1) is 0 Å². The molecule has 7 nitrogen and oxygen atoms in total. The lowest BCUT2D eigenvalue weighted by Gasteiger charge is -2.12. The molecule has 0 unspecified atom stereocenters. The molecule has 0 radical (unpaired) electrons. The average Bonchev–Trinajstić information content (AvgIpc) is 2.90. The zero-order valence-electron chi connectivity index (χ0n) is 14.6. The Labute approximate surface area is 155 Å². The predicted octanol–water partition coefficient (Wildman–Crippen LogP) is 3.55. The summed E-state index contributed by atoms with van der Waals surface area (Å²) in [5, 5.41) is 13.5. The summed E-state index contributed by atoms with van der Waals surface area (Å²) in [5.41, 5.74) is 2.41. The second-order valence-electron chi connectivity index (χ2n) is 6.07. The molecule has 1 fully saturated rings. The van der Waals surface area contributed by atoms with Crippen molar-refractivity contribution in [2.45, 2.75) is 13.5 Å². The fourth-order valence-electron chi connectivity index (χ4n) is 2.77. The monoisotopic (exact) mass is 363 g/mol. The highest BCUT2D eigenvalue weighted by atomic mass is 16.6. The highest BCUT2D eigenvalue weighted by Gasteiger charge is 2.33. The molecule has 0 spiro atoms. The smallest absolute Gasteiger partial charge is 0.303 e. The van der Waals surface area contributed by atoms with Crippen LogP contribution in [0.3, 0.4) is 0 Å². The van der Waals surface area contributed by atoms with Gasteiger partial charge < -0.3 is 5.32 Å². The maximum atomic E-state index is 12.5.